The molecule has 0 saturated carbocycles. The van der Waals surface area contributed by atoms with Crippen LogP contribution in [0.2, 0.25) is 5.02 Å². The highest BCUT2D eigenvalue weighted by atomic mass is 35.5. The van der Waals surface area contributed by atoms with E-state index < -0.39 is 5.82 Å². The van der Waals surface area contributed by atoms with E-state index in [0.717, 1.165) is 48.5 Å². The molecule has 6 rings (SSSR count). The van der Waals surface area contributed by atoms with Gasteiger partial charge in [-0.3, -0.25) is 9.69 Å². The number of carbonyl (C=O) groups excluding carboxylic acids is 1. The number of likely N-dealkylation sites (tertiary alicyclic amines) is 1. The maximum atomic E-state index is 14.0. The first kappa shape index (κ1) is 23.0. The van der Waals surface area contributed by atoms with Crippen LogP contribution in [0.15, 0.2) is 66.9 Å². The number of amides is 1. The number of methoxy groups -OCH3 is 1. The maximum absolute atomic E-state index is 14.0. The number of pyridine rings is 1. The van der Waals surface area contributed by atoms with Crippen molar-refractivity contribution in [3.63, 3.8) is 0 Å². The molecule has 2 unspecified atom stereocenters. The van der Waals surface area contributed by atoms with Crippen molar-refractivity contribution in [1.82, 2.24) is 19.2 Å². The van der Waals surface area contributed by atoms with E-state index in [4.69, 9.17) is 21.3 Å². The van der Waals surface area contributed by atoms with Crippen molar-refractivity contribution in [2.75, 3.05) is 20.2 Å². The SMILES string of the molecule is COc1ccc(F)cc1C(=O)N1C2CCC1CN(Cc1c(-c3ccc(Cl)cc3)nc3ccccn13)C2. The number of aromatic nitrogens is 2. The first-order valence-electron chi connectivity index (χ1n) is 12.1. The number of ether oxygens (including phenoxy) is 1. The van der Waals surface area contributed by atoms with Crippen LogP contribution in [0.5, 0.6) is 5.75 Å². The normalized spacial score (nSPS) is 19.7. The number of rotatable bonds is 5. The molecule has 2 aliphatic rings. The molecule has 6 nitrogen and oxygen atoms in total. The Bertz CT molecular complexity index is 1420. The van der Waals surface area contributed by atoms with Crippen molar-refractivity contribution in [3.8, 4) is 17.0 Å². The van der Waals surface area contributed by atoms with Crippen LogP contribution in [0.4, 0.5) is 4.39 Å². The number of hydrogen-bond donors (Lipinski definition) is 0. The minimum Gasteiger partial charge on any atom is -0.496 e. The quantitative estimate of drug-likeness (QED) is 0.370. The van der Waals surface area contributed by atoms with Gasteiger partial charge in [-0.05, 0) is 55.3 Å². The van der Waals surface area contributed by atoms with Crippen LogP contribution in [0.3, 0.4) is 0 Å². The Hall–Kier alpha value is -3.42. The fourth-order valence-corrected chi connectivity index (χ4v) is 5.81. The summed E-state index contributed by atoms with van der Waals surface area (Å²) in [5.74, 6) is -0.191. The van der Waals surface area contributed by atoms with E-state index in [1.165, 1.54) is 25.3 Å². The second-order valence-electron chi connectivity index (χ2n) is 9.48. The molecular formula is C28H26ClFN4O2. The molecular weight excluding hydrogens is 479 g/mol. The third-order valence-corrected chi connectivity index (χ3v) is 7.56. The first-order chi connectivity index (χ1) is 17.5. The molecule has 184 valence electrons. The summed E-state index contributed by atoms with van der Waals surface area (Å²) < 4.78 is 21.5. The van der Waals surface area contributed by atoms with Crippen LogP contribution >= 0.6 is 11.6 Å². The van der Waals surface area contributed by atoms with Gasteiger partial charge in [0.2, 0.25) is 0 Å². The third-order valence-electron chi connectivity index (χ3n) is 7.30. The number of halogens is 2. The van der Waals surface area contributed by atoms with Gasteiger partial charge in [0.25, 0.3) is 5.91 Å². The lowest BCUT2D eigenvalue weighted by Gasteiger charge is -2.41. The number of fused-ring (bicyclic) bond motifs is 3. The van der Waals surface area contributed by atoms with Crippen molar-refractivity contribution in [1.29, 1.82) is 0 Å². The van der Waals surface area contributed by atoms with Gasteiger partial charge in [-0.15, -0.1) is 0 Å². The summed E-state index contributed by atoms with van der Waals surface area (Å²) in [4.78, 5) is 22.8. The number of benzene rings is 2. The largest absolute Gasteiger partial charge is 0.496 e. The number of imidazole rings is 1. The Balaban J connectivity index is 1.28. The molecule has 2 aromatic heterocycles. The first-order valence-corrected chi connectivity index (χ1v) is 12.5. The lowest BCUT2D eigenvalue weighted by molar-refractivity contribution is 0.0399. The zero-order valence-corrected chi connectivity index (χ0v) is 20.7. The summed E-state index contributed by atoms with van der Waals surface area (Å²) in [5, 5.41) is 0.691. The zero-order valence-electron chi connectivity index (χ0n) is 19.9. The standard InChI is InChI=1S/C28H26ClFN4O2/c1-36-25-12-9-20(30)14-23(25)28(35)34-21-10-11-22(34)16-32(15-21)17-24-27(18-5-7-19(29)8-6-18)31-26-4-2-3-13-33(24)26/h2-9,12-14,21-22H,10-11,15-17H2,1H3. The number of piperazine rings is 1. The Morgan fingerprint density at radius 2 is 1.83 bits per heavy atom. The molecule has 4 heterocycles. The second kappa shape index (κ2) is 9.22. The number of hydrogen-bond acceptors (Lipinski definition) is 4. The van der Waals surface area contributed by atoms with E-state index in [2.05, 4.69) is 9.30 Å². The van der Waals surface area contributed by atoms with E-state index in [0.29, 0.717) is 17.3 Å². The Morgan fingerprint density at radius 3 is 2.56 bits per heavy atom. The number of nitrogens with zero attached hydrogens (tertiary/aromatic N) is 4. The summed E-state index contributed by atoms with van der Waals surface area (Å²) in [6, 6.07) is 18.0. The molecule has 8 heteroatoms. The van der Waals surface area contributed by atoms with Gasteiger partial charge in [0.05, 0.1) is 24.1 Å². The van der Waals surface area contributed by atoms with Crippen molar-refractivity contribution in [2.45, 2.75) is 31.5 Å². The second-order valence-corrected chi connectivity index (χ2v) is 9.92. The zero-order chi connectivity index (χ0) is 24.8. The average Bonchev–Trinajstić information content (AvgIpc) is 3.38. The third kappa shape index (κ3) is 4.02. The van der Waals surface area contributed by atoms with E-state index in [1.54, 1.807) is 0 Å². The Labute approximate surface area is 213 Å². The van der Waals surface area contributed by atoms with Gasteiger partial charge in [0.1, 0.15) is 17.2 Å². The molecule has 2 fully saturated rings. The van der Waals surface area contributed by atoms with E-state index in [1.807, 2.05) is 53.6 Å². The van der Waals surface area contributed by atoms with Gasteiger partial charge in [-0.25, -0.2) is 9.37 Å². The molecule has 0 radical (unpaired) electrons. The summed E-state index contributed by atoms with van der Waals surface area (Å²) in [7, 11) is 1.50. The molecule has 0 N–H and O–H groups in total. The summed E-state index contributed by atoms with van der Waals surface area (Å²) in [5.41, 5.74) is 4.25. The van der Waals surface area contributed by atoms with Crippen molar-refractivity contribution >= 4 is 23.2 Å². The van der Waals surface area contributed by atoms with E-state index in [9.17, 15) is 9.18 Å². The highest BCUT2D eigenvalue weighted by Crippen LogP contribution is 2.35. The van der Waals surface area contributed by atoms with Gasteiger partial charge in [-0.2, -0.15) is 0 Å². The smallest absolute Gasteiger partial charge is 0.258 e. The Kier molecular flexibility index (Phi) is 5.90. The molecule has 0 aliphatic carbocycles. The lowest BCUT2D eigenvalue weighted by atomic mass is 10.1. The van der Waals surface area contributed by atoms with Crippen LogP contribution in [-0.4, -0.2) is 57.4 Å². The predicted octanol–water partition coefficient (Wildman–Crippen LogP) is 5.29. The summed E-state index contributed by atoms with van der Waals surface area (Å²) in [6.07, 6.45) is 3.91. The topological polar surface area (TPSA) is 50.1 Å². The van der Waals surface area contributed by atoms with Gasteiger partial charge in [0.15, 0.2) is 0 Å². The van der Waals surface area contributed by atoms with Crippen LogP contribution < -0.4 is 4.74 Å². The van der Waals surface area contributed by atoms with Crippen LogP contribution in [0, 0.1) is 5.82 Å². The van der Waals surface area contributed by atoms with Crippen LogP contribution in [0.1, 0.15) is 28.9 Å². The fourth-order valence-electron chi connectivity index (χ4n) is 5.69. The highest BCUT2D eigenvalue weighted by Gasteiger charge is 2.43. The van der Waals surface area contributed by atoms with E-state index in [-0.39, 0.29) is 23.6 Å². The molecule has 36 heavy (non-hydrogen) atoms. The molecule has 2 bridgehead atoms. The molecule has 2 saturated heterocycles. The van der Waals surface area contributed by atoms with Gasteiger partial charge >= 0.3 is 0 Å². The maximum Gasteiger partial charge on any atom is 0.258 e. The average molecular weight is 505 g/mol. The van der Waals surface area contributed by atoms with Gasteiger partial charge in [-0.1, -0.05) is 29.8 Å². The predicted molar refractivity (Wildman–Crippen MR) is 137 cm³/mol. The van der Waals surface area contributed by atoms with Crippen LogP contribution in [0.25, 0.3) is 16.9 Å². The molecule has 2 aromatic carbocycles. The molecule has 4 aromatic rings. The summed E-state index contributed by atoms with van der Waals surface area (Å²) in [6.45, 7) is 2.21. The Morgan fingerprint density at radius 1 is 1.08 bits per heavy atom. The van der Waals surface area contributed by atoms with Gasteiger partial charge < -0.3 is 14.0 Å². The van der Waals surface area contributed by atoms with E-state index >= 15 is 0 Å². The lowest BCUT2D eigenvalue weighted by Crippen LogP contribution is -2.55. The minimum absolute atomic E-state index is 0.0717. The van der Waals surface area contributed by atoms with Crippen molar-refractivity contribution in [2.24, 2.45) is 0 Å². The minimum atomic E-state index is -0.438. The molecule has 2 aliphatic heterocycles. The van der Waals surface area contributed by atoms with Crippen molar-refractivity contribution < 1.29 is 13.9 Å². The van der Waals surface area contributed by atoms with Crippen LogP contribution in [-0.2, 0) is 6.54 Å². The molecule has 1 amide bonds. The highest BCUT2D eigenvalue weighted by molar-refractivity contribution is 6.30. The number of carbonyl (C=O) groups is 1. The fraction of sp³-hybridized carbons (Fsp3) is 0.286. The molecule has 0 spiro atoms. The van der Waals surface area contributed by atoms with Gasteiger partial charge in [0, 0.05) is 48.5 Å². The molecule has 2 atom stereocenters. The van der Waals surface area contributed by atoms with Crippen molar-refractivity contribution in [3.05, 3.63) is 89.0 Å². The monoisotopic (exact) mass is 504 g/mol. The summed E-state index contributed by atoms with van der Waals surface area (Å²) >= 11 is 6.13.